The highest BCUT2D eigenvalue weighted by molar-refractivity contribution is 5.62. The smallest absolute Gasteiger partial charge is 0.300 e. The molecule has 0 radical (unpaired) electrons. The summed E-state index contributed by atoms with van der Waals surface area (Å²) in [5.41, 5.74) is 0.189. The SMILES string of the molecule is CC(=O)O.CC(C)(C)CC#N. The Morgan fingerprint density at radius 3 is 1.82 bits per heavy atom. The molecule has 0 aliphatic carbocycles. The van der Waals surface area contributed by atoms with E-state index < -0.39 is 5.97 Å². The van der Waals surface area contributed by atoms with Crippen molar-refractivity contribution in [1.29, 1.82) is 5.26 Å². The van der Waals surface area contributed by atoms with E-state index in [1.165, 1.54) is 0 Å². The summed E-state index contributed by atoms with van der Waals surface area (Å²) in [7, 11) is 0. The van der Waals surface area contributed by atoms with Gasteiger partial charge in [-0.2, -0.15) is 5.26 Å². The van der Waals surface area contributed by atoms with E-state index in [0.717, 1.165) is 6.92 Å². The maximum Gasteiger partial charge on any atom is 0.300 e. The lowest BCUT2D eigenvalue weighted by molar-refractivity contribution is -0.134. The third kappa shape index (κ3) is 49.5. The fraction of sp³-hybridized carbons (Fsp3) is 0.750. The fourth-order valence-electron chi connectivity index (χ4n) is 0.237. The van der Waals surface area contributed by atoms with Crippen LogP contribution in [0.1, 0.15) is 34.1 Å². The van der Waals surface area contributed by atoms with Crippen LogP contribution >= 0.6 is 0 Å². The van der Waals surface area contributed by atoms with Crippen molar-refractivity contribution >= 4 is 5.97 Å². The maximum atomic E-state index is 9.00. The van der Waals surface area contributed by atoms with E-state index >= 15 is 0 Å². The summed E-state index contributed by atoms with van der Waals surface area (Å²) in [5.74, 6) is -0.833. The van der Waals surface area contributed by atoms with Crippen LogP contribution < -0.4 is 0 Å². The summed E-state index contributed by atoms with van der Waals surface area (Å²) >= 11 is 0. The molecule has 64 valence electrons. The van der Waals surface area contributed by atoms with E-state index in [-0.39, 0.29) is 5.41 Å². The molecule has 0 aromatic rings. The van der Waals surface area contributed by atoms with E-state index in [1.54, 1.807) is 0 Å². The molecule has 1 N–H and O–H groups in total. The largest absolute Gasteiger partial charge is 0.481 e. The Morgan fingerprint density at radius 2 is 1.82 bits per heavy atom. The van der Waals surface area contributed by atoms with E-state index in [9.17, 15) is 0 Å². The molecule has 0 bridgehead atoms. The molecule has 0 fully saturated rings. The second-order valence-corrected chi connectivity index (χ2v) is 3.41. The number of carboxylic acid groups (broad SMARTS) is 1. The molecule has 3 heteroatoms. The van der Waals surface area contributed by atoms with Gasteiger partial charge in [-0.25, -0.2) is 0 Å². The second kappa shape index (κ2) is 5.72. The molecule has 0 aromatic heterocycles. The van der Waals surface area contributed by atoms with Gasteiger partial charge in [0.25, 0.3) is 5.97 Å². The lowest BCUT2D eigenvalue weighted by Crippen LogP contribution is -2.01. The van der Waals surface area contributed by atoms with Gasteiger partial charge in [-0.05, 0) is 5.41 Å². The molecule has 0 heterocycles. The Hall–Kier alpha value is -1.04. The van der Waals surface area contributed by atoms with E-state index in [1.807, 2.05) is 0 Å². The first kappa shape index (κ1) is 12.6. The van der Waals surface area contributed by atoms with Crippen LogP contribution in [0.3, 0.4) is 0 Å². The molecule has 0 amide bonds. The first-order valence-corrected chi connectivity index (χ1v) is 3.36. The highest BCUT2D eigenvalue weighted by Crippen LogP contribution is 2.16. The molecule has 0 unspecified atom stereocenters. The van der Waals surface area contributed by atoms with Crippen molar-refractivity contribution in [3.8, 4) is 6.07 Å². The van der Waals surface area contributed by atoms with Crippen molar-refractivity contribution in [2.45, 2.75) is 34.1 Å². The number of carboxylic acids is 1. The fourth-order valence-corrected chi connectivity index (χ4v) is 0.237. The summed E-state index contributed by atoms with van der Waals surface area (Å²) < 4.78 is 0. The Kier molecular flexibility index (Phi) is 6.57. The molecule has 0 atom stereocenters. The van der Waals surface area contributed by atoms with Crippen LogP contribution in [0.2, 0.25) is 0 Å². The predicted octanol–water partition coefficient (Wildman–Crippen LogP) is 2.04. The summed E-state index contributed by atoms with van der Waals surface area (Å²) in [4.78, 5) is 9.00. The summed E-state index contributed by atoms with van der Waals surface area (Å²) in [6.07, 6.45) is 0.646. The van der Waals surface area contributed by atoms with Gasteiger partial charge in [-0.15, -0.1) is 0 Å². The quantitative estimate of drug-likeness (QED) is 0.585. The Morgan fingerprint density at radius 1 is 1.55 bits per heavy atom. The topological polar surface area (TPSA) is 61.1 Å². The molecule has 0 saturated heterocycles. The number of carbonyl (C=O) groups is 1. The summed E-state index contributed by atoms with van der Waals surface area (Å²) in [5, 5.41) is 15.6. The Balaban J connectivity index is 0. The standard InChI is InChI=1S/C6H11N.C2H4O2/c1-6(2,3)4-5-7;1-2(3)4/h4H2,1-3H3;1H3,(H,3,4). The first-order chi connectivity index (χ1) is 4.79. The second-order valence-electron chi connectivity index (χ2n) is 3.41. The zero-order chi connectivity index (χ0) is 9.49. The van der Waals surface area contributed by atoms with Gasteiger partial charge in [-0.1, -0.05) is 20.8 Å². The molecule has 0 aliphatic rings. The van der Waals surface area contributed by atoms with Crippen molar-refractivity contribution in [1.82, 2.24) is 0 Å². The minimum atomic E-state index is -0.833. The van der Waals surface area contributed by atoms with Gasteiger partial charge in [0, 0.05) is 13.3 Å². The summed E-state index contributed by atoms with van der Waals surface area (Å²) in [6, 6.07) is 2.11. The van der Waals surface area contributed by atoms with Crippen molar-refractivity contribution in [3.63, 3.8) is 0 Å². The van der Waals surface area contributed by atoms with Crippen LogP contribution in [-0.2, 0) is 4.79 Å². The van der Waals surface area contributed by atoms with Gasteiger partial charge in [-0.3, -0.25) is 4.79 Å². The Bertz CT molecular complexity index is 146. The van der Waals surface area contributed by atoms with Crippen LogP contribution in [0.5, 0.6) is 0 Å². The van der Waals surface area contributed by atoms with Crippen LogP contribution in [-0.4, -0.2) is 11.1 Å². The highest BCUT2D eigenvalue weighted by atomic mass is 16.4. The van der Waals surface area contributed by atoms with Gasteiger partial charge in [0.2, 0.25) is 0 Å². The van der Waals surface area contributed by atoms with Crippen LogP contribution in [0.15, 0.2) is 0 Å². The van der Waals surface area contributed by atoms with Gasteiger partial charge in [0.1, 0.15) is 0 Å². The molecular formula is C8H15NO2. The van der Waals surface area contributed by atoms with Gasteiger partial charge < -0.3 is 5.11 Å². The number of nitrogens with zero attached hydrogens (tertiary/aromatic N) is 1. The minimum absolute atomic E-state index is 0.189. The minimum Gasteiger partial charge on any atom is -0.481 e. The zero-order valence-corrected chi connectivity index (χ0v) is 7.51. The molecule has 11 heavy (non-hydrogen) atoms. The molecule has 0 aromatic carbocycles. The molecular weight excluding hydrogens is 142 g/mol. The van der Waals surface area contributed by atoms with Gasteiger partial charge >= 0.3 is 0 Å². The van der Waals surface area contributed by atoms with Crippen molar-refractivity contribution in [2.24, 2.45) is 5.41 Å². The van der Waals surface area contributed by atoms with Crippen molar-refractivity contribution in [2.75, 3.05) is 0 Å². The summed E-state index contributed by atoms with van der Waals surface area (Å²) in [6.45, 7) is 7.24. The number of nitriles is 1. The third-order valence-corrected chi connectivity index (χ3v) is 0.609. The van der Waals surface area contributed by atoms with Crippen LogP contribution in [0.4, 0.5) is 0 Å². The number of aliphatic carboxylic acids is 1. The number of hydrogen-bond acceptors (Lipinski definition) is 2. The predicted molar refractivity (Wildman–Crippen MR) is 43.0 cm³/mol. The Labute approximate surface area is 67.6 Å². The van der Waals surface area contributed by atoms with Crippen LogP contribution in [0.25, 0.3) is 0 Å². The van der Waals surface area contributed by atoms with Crippen molar-refractivity contribution < 1.29 is 9.90 Å². The van der Waals surface area contributed by atoms with E-state index in [2.05, 4.69) is 26.8 Å². The molecule has 0 saturated carbocycles. The molecule has 0 aliphatic heterocycles. The van der Waals surface area contributed by atoms with Gasteiger partial charge in [0.05, 0.1) is 6.07 Å². The first-order valence-electron chi connectivity index (χ1n) is 3.36. The maximum absolute atomic E-state index is 9.00. The number of hydrogen-bond donors (Lipinski definition) is 1. The third-order valence-electron chi connectivity index (χ3n) is 0.609. The lowest BCUT2D eigenvalue weighted by Gasteiger charge is -2.10. The van der Waals surface area contributed by atoms with Crippen molar-refractivity contribution in [3.05, 3.63) is 0 Å². The monoisotopic (exact) mass is 157 g/mol. The number of rotatable bonds is 0. The molecule has 0 spiro atoms. The lowest BCUT2D eigenvalue weighted by atomic mass is 9.93. The average Bonchev–Trinajstić information content (AvgIpc) is 1.58. The van der Waals surface area contributed by atoms with Gasteiger partial charge in [0.15, 0.2) is 0 Å². The average molecular weight is 157 g/mol. The normalized spacial score (nSPS) is 9.00. The highest BCUT2D eigenvalue weighted by Gasteiger charge is 2.07. The van der Waals surface area contributed by atoms with E-state index in [0.29, 0.717) is 6.42 Å². The van der Waals surface area contributed by atoms with Crippen LogP contribution in [0, 0.1) is 16.7 Å². The zero-order valence-electron chi connectivity index (χ0n) is 7.51. The van der Waals surface area contributed by atoms with E-state index in [4.69, 9.17) is 15.2 Å². The molecule has 0 rings (SSSR count). The molecule has 3 nitrogen and oxygen atoms in total.